The molecule has 0 radical (unpaired) electrons. The molecule has 0 spiro atoms. The number of H-pyrrole nitrogens is 1. The van der Waals surface area contributed by atoms with Gasteiger partial charge in [-0.25, -0.2) is 4.79 Å². The first-order valence-corrected chi connectivity index (χ1v) is 6.65. The Labute approximate surface area is 121 Å². The molecule has 108 valence electrons. The summed E-state index contributed by atoms with van der Waals surface area (Å²) in [4.78, 5) is 11.9. The fourth-order valence-corrected chi connectivity index (χ4v) is 1.99. The monoisotopic (exact) mass is 284 g/mol. The molecule has 2 aromatic heterocycles. The van der Waals surface area contributed by atoms with Gasteiger partial charge in [0.15, 0.2) is 0 Å². The average molecular weight is 284 g/mol. The smallest absolute Gasteiger partial charge is 0.435 e. The molecule has 6 nitrogen and oxygen atoms in total. The summed E-state index contributed by atoms with van der Waals surface area (Å²) in [6, 6.07) is 7.62. The molecule has 0 bridgehead atoms. The van der Waals surface area contributed by atoms with Crippen LogP contribution in [-0.2, 0) is 4.74 Å². The Morgan fingerprint density at radius 3 is 2.86 bits per heavy atom. The first-order chi connectivity index (χ1) is 9.92. The van der Waals surface area contributed by atoms with Gasteiger partial charge in [0, 0.05) is 17.1 Å². The van der Waals surface area contributed by atoms with E-state index in [1.165, 1.54) is 4.68 Å². The van der Waals surface area contributed by atoms with Crippen LogP contribution in [0.2, 0.25) is 0 Å². The zero-order chi connectivity index (χ0) is 15.0. The lowest BCUT2D eigenvalue weighted by Gasteiger charge is -2.18. The molecule has 21 heavy (non-hydrogen) atoms. The Bertz CT molecular complexity index is 795. The number of benzene rings is 1. The summed E-state index contributed by atoms with van der Waals surface area (Å²) in [6.07, 6.45) is 2.87. The zero-order valence-electron chi connectivity index (χ0n) is 12.1. The normalized spacial score (nSPS) is 11.8. The Balaban J connectivity index is 1.88. The molecule has 0 aliphatic heterocycles. The van der Waals surface area contributed by atoms with Gasteiger partial charge < -0.3 is 4.74 Å². The molecular weight excluding hydrogens is 268 g/mol. The number of fused-ring (bicyclic) bond motifs is 1. The number of ether oxygens (including phenoxy) is 1. The van der Waals surface area contributed by atoms with Crippen LogP contribution in [-0.4, -0.2) is 31.7 Å². The van der Waals surface area contributed by atoms with Crippen molar-refractivity contribution in [3.63, 3.8) is 0 Å². The van der Waals surface area contributed by atoms with Gasteiger partial charge in [0.1, 0.15) is 5.60 Å². The summed E-state index contributed by atoms with van der Waals surface area (Å²) in [5.74, 6) is 0. The fraction of sp³-hybridized carbons (Fsp3) is 0.267. The molecule has 0 atom stereocenters. The summed E-state index contributed by atoms with van der Waals surface area (Å²) < 4.78 is 6.49. The van der Waals surface area contributed by atoms with Gasteiger partial charge in [-0.1, -0.05) is 6.07 Å². The van der Waals surface area contributed by atoms with Crippen molar-refractivity contribution < 1.29 is 9.53 Å². The van der Waals surface area contributed by atoms with Crippen LogP contribution in [0.4, 0.5) is 4.79 Å². The van der Waals surface area contributed by atoms with Crippen LogP contribution in [0.15, 0.2) is 36.7 Å². The summed E-state index contributed by atoms with van der Waals surface area (Å²) in [6.45, 7) is 5.46. The van der Waals surface area contributed by atoms with Gasteiger partial charge in [0.2, 0.25) is 0 Å². The van der Waals surface area contributed by atoms with Gasteiger partial charge in [-0.3, -0.25) is 5.10 Å². The maximum atomic E-state index is 11.9. The van der Waals surface area contributed by atoms with Crippen molar-refractivity contribution in [2.75, 3.05) is 0 Å². The molecule has 0 saturated carbocycles. The van der Waals surface area contributed by atoms with Crippen molar-refractivity contribution in [3.8, 4) is 11.3 Å². The number of rotatable bonds is 1. The largest absolute Gasteiger partial charge is 0.442 e. The van der Waals surface area contributed by atoms with E-state index in [0.717, 1.165) is 16.5 Å². The molecule has 3 aromatic rings. The number of nitrogens with one attached hydrogen (secondary N) is 1. The topological polar surface area (TPSA) is 72.8 Å². The van der Waals surface area contributed by atoms with E-state index in [1.54, 1.807) is 18.5 Å². The molecule has 3 rings (SSSR count). The third-order valence-electron chi connectivity index (χ3n) is 2.91. The first kappa shape index (κ1) is 13.4. The second kappa shape index (κ2) is 4.73. The maximum Gasteiger partial charge on any atom is 0.435 e. The van der Waals surface area contributed by atoms with Crippen molar-refractivity contribution in [2.45, 2.75) is 26.4 Å². The second-order valence-corrected chi connectivity index (χ2v) is 5.80. The Morgan fingerprint density at radius 2 is 2.10 bits per heavy atom. The fourth-order valence-electron chi connectivity index (χ4n) is 1.99. The minimum Gasteiger partial charge on any atom is -0.442 e. The van der Waals surface area contributed by atoms with Crippen LogP contribution in [0.1, 0.15) is 20.8 Å². The summed E-state index contributed by atoms with van der Waals surface area (Å²) in [5.41, 5.74) is 2.05. The van der Waals surface area contributed by atoms with Gasteiger partial charge >= 0.3 is 6.09 Å². The third-order valence-corrected chi connectivity index (χ3v) is 2.91. The lowest BCUT2D eigenvalue weighted by molar-refractivity contribution is 0.0515. The quantitative estimate of drug-likeness (QED) is 0.744. The van der Waals surface area contributed by atoms with Crippen molar-refractivity contribution in [2.24, 2.45) is 0 Å². The van der Waals surface area contributed by atoms with Crippen LogP contribution >= 0.6 is 0 Å². The molecule has 0 unspecified atom stereocenters. The highest BCUT2D eigenvalue weighted by molar-refractivity contribution is 5.83. The Morgan fingerprint density at radius 1 is 1.29 bits per heavy atom. The van der Waals surface area contributed by atoms with Gasteiger partial charge in [-0.2, -0.15) is 14.9 Å². The van der Waals surface area contributed by atoms with Gasteiger partial charge in [0.05, 0.1) is 17.4 Å². The Hall–Kier alpha value is -2.63. The molecule has 1 aromatic carbocycles. The highest BCUT2D eigenvalue weighted by Crippen LogP contribution is 2.22. The molecule has 0 aliphatic rings. The van der Waals surface area contributed by atoms with Crippen molar-refractivity contribution in [1.82, 2.24) is 20.0 Å². The number of hydrogen-bond donors (Lipinski definition) is 1. The summed E-state index contributed by atoms with van der Waals surface area (Å²) >= 11 is 0. The molecule has 0 fully saturated rings. The number of aromatic nitrogens is 4. The second-order valence-electron chi connectivity index (χ2n) is 5.80. The average Bonchev–Trinajstić information content (AvgIpc) is 3.05. The van der Waals surface area contributed by atoms with E-state index >= 15 is 0 Å². The van der Waals surface area contributed by atoms with Crippen LogP contribution < -0.4 is 0 Å². The van der Waals surface area contributed by atoms with Crippen molar-refractivity contribution >= 4 is 17.0 Å². The lowest BCUT2D eigenvalue weighted by Crippen LogP contribution is -2.27. The summed E-state index contributed by atoms with van der Waals surface area (Å²) in [5, 5.41) is 12.1. The highest BCUT2D eigenvalue weighted by Gasteiger charge is 2.18. The highest BCUT2D eigenvalue weighted by atomic mass is 16.6. The van der Waals surface area contributed by atoms with Crippen LogP contribution in [0, 0.1) is 0 Å². The minimum atomic E-state index is -0.543. The van der Waals surface area contributed by atoms with Crippen molar-refractivity contribution in [3.05, 3.63) is 36.7 Å². The van der Waals surface area contributed by atoms with E-state index in [-0.39, 0.29) is 0 Å². The number of nitrogens with zero attached hydrogens (tertiary/aromatic N) is 3. The predicted molar refractivity (Wildman–Crippen MR) is 78.9 cm³/mol. The standard InChI is InChI=1S/C15H16N4O2/c1-15(2,3)21-14(20)19-7-6-13(18-19)10-4-5-12-11(8-10)9-16-17-12/h4-9H,1-3H3,(H,16,17). The van der Waals surface area contributed by atoms with Crippen LogP contribution in [0.25, 0.3) is 22.2 Å². The van der Waals surface area contributed by atoms with E-state index in [9.17, 15) is 4.79 Å². The molecule has 2 heterocycles. The molecule has 0 aliphatic carbocycles. The molecule has 0 saturated heterocycles. The SMILES string of the molecule is CC(C)(C)OC(=O)n1ccc(-c2ccc3[nH]ncc3c2)n1. The van der Waals surface area contributed by atoms with E-state index in [4.69, 9.17) is 4.74 Å². The molecule has 0 amide bonds. The van der Waals surface area contributed by atoms with Gasteiger partial charge in [0.25, 0.3) is 0 Å². The van der Waals surface area contributed by atoms with E-state index < -0.39 is 11.7 Å². The lowest BCUT2D eigenvalue weighted by atomic mass is 10.1. The number of aromatic amines is 1. The Kier molecular flexibility index (Phi) is 3.01. The summed E-state index contributed by atoms with van der Waals surface area (Å²) in [7, 11) is 0. The van der Waals surface area contributed by atoms with Crippen LogP contribution in [0.3, 0.4) is 0 Å². The van der Waals surface area contributed by atoms with Gasteiger partial charge in [-0.15, -0.1) is 0 Å². The van der Waals surface area contributed by atoms with E-state index in [0.29, 0.717) is 5.69 Å². The third kappa shape index (κ3) is 2.79. The number of carbonyl (C=O) groups excluding carboxylic acids is 1. The van der Waals surface area contributed by atoms with Gasteiger partial charge in [-0.05, 0) is 39.0 Å². The van der Waals surface area contributed by atoms with Crippen LogP contribution in [0.5, 0.6) is 0 Å². The maximum absolute atomic E-state index is 11.9. The molecule has 1 N–H and O–H groups in total. The minimum absolute atomic E-state index is 0.488. The van der Waals surface area contributed by atoms with E-state index in [1.807, 2.05) is 39.0 Å². The molecular formula is C15H16N4O2. The molecule has 6 heteroatoms. The number of hydrogen-bond acceptors (Lipinski definition) is 4. The first-order valence-electron chi connectivity index (χ1n) is 6.65. The predicted octanol–water partition coefficient (Wildman–Crippen LogP) is 3.21. The van der Waals surface area contributed by atoms with E-state index in [2.05, 4.69) is 15.3 Å². The number of carbonyl (C=O) groups is 1. The van der Waals surface area contributed by atoms with Crippen molar-refractivity contribution in [1.29, 1.82) is 0 Å². The zero-order valence-corrected chi connectivity index (χ0v) is 12.1.